The Balaban J connectivity index is 0.000000340. The Labute approximate surface area is 370 Å². The molecule has 5 heteroatoms. The van der Waals surface area contributed by atoms with Gasteiger partial charge in [-0.1, -0.05) is 106 Å². The van der Waals surface area contributed by atoms with Crippen LogP contribution in [-0.2, 0) is 52.3 Å². The van der Waals surface area contributed by atoms with Crippen molar-refractivity contribution in [3.05, 3.63) is 155 Å². The van der Waals surface area contributed by atoms with E-state index >= 15 is 0 Å². The summed E-state index contributed by atoms with van der Waals surface area (Å²) in [6, 6.07) is 38.8. The minimum absolute atomic E-state index is 0. The Morgan fingerprint density at radius 2 is 0.981 bits per heavy atom. The Hall–Kier alpha value is -0.977. The van der Waals surface area contributed by atoms with E-state index in [0.717, 1.165) is 6.42 Å². The van der Waals surface area contributed by atoms with Gasteiger partial charge in [0.2, 0.25) is 0 Å². The first kappa shape index (κ1) is 47.2. The molecule has 0 spiro atoms. The van der Waals surface area contributed by atoms with Crippen LogP contribution in [0.2, 0.25) is 0 Å². The summed E-state index contributed by atoms with van der Waals surface area (Å²) in [5, 5.41) is 0. The van der Waals surface area contributed by atoms with Crippen LogP contribution in [0.5, 0.6) is 0 Å². The van der Waals surface area contributed by atoms with Gasteiger partial charge in [-0.3, -0.25) is 0 Å². The van der Waals surface area contributed by atoms with Crippen LogP contribution in [0, 0.1) is 13.2 Å². The van der Waals surface area contributed by atoms with Gasteiger partial charge in [0.05, 0.1) is 0 Å². The molecule has 1 aliphatic rings. The minimum atomic E-state index is 0. The number of halogens is 4. The second-order valence-corrected chi connectivity index (χ2v) is 21.3. The molecule has 0 N–H and O–H groups in total. The van der Waals surface area contributed by atoms with Gasteiger partial charge in [0.1, 0.15) is 0 Å². The molecule has 0 heterocycles. The topological polar surface area (TPSA) is 0 Å². The van der Waals surface area contributed by atoms with E-state index < -0.39 is 0 Å². The zero-order chi connectivity index (χ0) is 37.2. The maximum atomic E-state index is 3.90. The third-order valence-corrected chi connectivity index (χ3v) is 11.9. The summed E-state index contributed by atoms with van der Waals surface area (Å²) in [4.78, 5) is 0. The average molecular weight is 1030 g/mol. The SMILES string of the molecule is CC(C)(C)c1[c-]c2c(cc1C(C)(C)C)-c1cc(C(C)(C)C)c(C(C)(C)C)cc1C2.[Cl-].[Cl-].[Zr+2]=[C](c1ccc(I)cc1)c1ccc(I)cc1.c1cc[cH-]c1. The first-order valence-corrected chi connectivity index (χ1v) is 21.0. The summed E-state index contributed by atoms with van der Waals surface area (Å²) in [5.74, 6) is 0. The largest absolute Gasteiger partial charge is 0.214 e. The minimum Gasteiger partial charge on any atom is -0.214 e. The van der Waals surface area contributed by atoms with Crippen molar-refractivity contribution < 1.29 is 49.0 Å². The third kappa shape index (κ3) is 12.3. The summed E-state index contributed by atoms with van der Waals surface area (Å²) < 4.78 is 3.99. The van der Waals surface area contributed by atoms with Gasteiger partial charge in [0.15, 0.2) is 0 Å². The third-order valence-electron chi connectivity index (χ3n) is 9.06. The molecule has 276 valence electrons. The van der Waals surface area contributed by atoms with Gasteiger partial charge in [0.25, 0.3) is 0 Å². The smallest absolute Gasteiger partial charge is 0.172 e. The van der Waals surface area contributed by atoms with Gasteiger partial charge in [-0.05, 0) is 39.4 Å². The number of hydrogen-bond donors (Lipinski definition) is 0. The van der Waals surface area contributed by atoms with Gasteiger partial charge < -0.3 is 24.8 Å². The van der Waals surface area contributed by atoms with Crippen molar-refractivity contribution in [2.75, 3.05) is 0 Å². The standard InChI is InChI=1S/C29H41.C13H8I2.C5H5.2ClH.Zr/c1-26(2,3)22-14-18-13-19-15-23(27(4,5)6)25(29(10,11)12)17-21(19)20(18)16-24(22)28(7,8)9;14-12-5-1-10(2-6-12)9-11-3-7-13(15)8-4-11;1-2-4-5-3-1;;;/h14,16-17H,13H2,1-12H3;1-8H;1-5H;2*1H;/q-1;;-1;;;+2/p-2. The number of rotatable bonds is 2. The van der Waals surface area contributed by atoms with E-state index in [1.165, 1.54) is 90.2 Å². The fourth-order valence-electron chi connectivity index (χ4n) is 6.35. The molecule has 0 fully saturated rings. The molecule has 0 saturated carbocycles. The molecular weight excluding hydrogens is 980 g/mol. The molecule has 0 saturated heterocycles. The maximum Gasteiger partial charge on any atom is -0.172 e. The number of benzene rings is 4. The Morgan fingerprint density at radius 3 is 1.35 bits per heavy atom. The molecule has 0 aliphatic heterocycles. The summed E-state index contributed by atoms with van der Waals surface area (Å²) >= 11 is 6.13. The van der Waals surface area contributed by atoms with Crippen molar-refractivity contribution in [3.63, 3.8) is 0 Å². The van der Waals surface area contributed by atoms with Crippen LogP contribution >= 0.6 is 45.2 Å². The molecule has 5 aromatic rings. The van der Waals surface area contributed by atoms with Crippen LogP contribution in [0.4, 0.5) is 0 Å². The van der Waals surface area contributed by atoms with E-state index in [2.05, 4.69) is 201 Å². The number of fused-ring (bicyclic) bond motifs is 3. The molecule has 0 bridgehead atoms. The summed E-state index contributed by atoms with van der Waals surface area (Å²) in [7, 11) is 0. The summed E-state index contributed by atoms with van der Waals surface area (Å²) in [6.07, 6.45) is 1.01. The van der Waals surface area contributed by atoms with Crippen LogP contribution in [-0.4, -0.2) is 3.21 Å². The summed E-state index contributed by atoms with van der Waals surface area (Å²) in [5.41, 5.74) is 14.6. The van der Waals surface area contributed by atoms with Crippen LogP contribution < -0.4 is 24.8 Å². The average Bonchev–Trinajstić information content (AvgIpc) is 3.71. The van der Waals surface area contributed by atoms with E-state index in [1.807, 2.05) is 30.3 Å². The molecule has 6 rings (SSSR count). The van der Waals surface area contributed by atoms with E-state index in [0.29, 0.717) is 0 Å². The van der Waals surface area contributed by atoms with Crippen LogP contribution in [0.1, 0.15) is 128 Å². The van der Waals surface area contributed by atoms with Gasteiger partial charge in [-0.15, -0.1) is 16.7 Å². The Morgan fingerprint density at radius 1 is 0.577 bits per heavy atom. The zero-order valence-corrected chi connectivity index (χ0v) is 41.2. The van der Waals surface area contributed by atoms with Gasteiger partial charge in [-0.25, -0.2) is 12.1 Å². The van der Waals surface area contributed by atoms with E-state index in [-0.39, 0.29) is 46.5 Å². The van der Waals surface area contributed by atoms with Crippen molar-refractivity contribution in [1.82, 2.24) is 0 Å². The van der Waals surface area contributed by atoms with Gasteiger partial charge in [-0.2, -0.15) is 35.9 Å². The summed E-state index contributed by atoms with van der Waals surface area (Å²) in [6.45, 7) is 28.0. The zero-order valence-electron chi connectivity index (χ0n) is 33.0. The van der Waals surface area contributed by atoms with Crippen LogP contribution in [0.15, 0.2) is 97.1 Å². The van der Waals surface area contributed by atoms with E-state index in [9.17, 15) is 0 Å². The number of hydrogen-bond acceptors (Lipinski definition) is 0. The molecule has 0 unspecified atom stereocenters. The Bertz CT molecular complexity index is 1770. The van der Waals surface area contributed by atoms with Crippen molar-refractivity contribution in [3.8, 4) is 11.1 Å². The first-order valence-electron chi connectivity index (χ1n) is 17.6. The van der Waals surface area contributed by atoms with E-state index in [1.54, 1.807) is 0 Å². The van der Waals surface area contributed by atoms with Crippen molar-refractivity contribution in [1.29, 1.82) is 0 Å². The monoisotopic (exact) mass is 1030 g/mol. The Kier molecular flexibility index (Phi) is 17.0. The molecule has 0 amide bonds. The molecule has 52 heavy (non-hydrogen) atoms. The molecule has 0 nitrogen and oxygen atoms in total. The van der Waals surface area contributed by atoms with Gasteiger partial charge >= 0.3 is 139 Å². The predicted molar refractivity (Wildman–Crippen MR) is 232 cm³/mol. The second-order valence-electron chi connectivity index (χ2n) is 17.5. The van der Waals surface area contributed by atoms with Crippen molar-refractivity contribution in [2.45, 2.75) is 111 Å². The van der Waals surface area contributed by atoms with Crippen LogP contribution in [0.25, 0.3) is 11.1 Å². The quantitative estimate of drug-likeness (QED) is 0.124. The maximum absolute atomic E-state index is 3.90. The van der Waals surface area contributed by atoms with Crippen molar-refractivity contribution in [2.24, 2.45) is 0 Å². The normalized spacial score (nSPS) is 12.2. The molecule has 0 atom stereocenters. The van der Waals surface area contributed by atoms with Crippen molar-refractivity contribution >= 4 is 48.4 Å². The molecule has 0 aromatic heterocycles. The van der Waals surface area contributed by atoms with Crippen LogP contribution in [0.3, 0.4) is 0 Å². The fourth-order valence-corrected chi connectivity index (χ4v) is 7.88. The van der Waals surface area contributed by atoms with E-state index in [4.69, 9.17) is 0 Å². The molecule has 5 aromatic carbocycles. The molecule has 0 radical (unpaired) electrons. The molecular formula is C47H54Cl2I2Zr-2. The predicted octanol–water partition coefficient (Wildman–Crippen LogP) is 7.67. The second kappa shape index (κ2) is 18.8. The van der Waals surface area contributed by atoms with Gasteiger partial charge in [0, 0.05) is 0 Å². The first-order chi connectivity index (χ1) is 23.1. The fraction of sp³-hybridized carbons (Fsp3) is 0.362. The molecule has 1 aliphatic carbocycles.